The molecule has 27 heavy (non-hydrogen) atoms. The van der Waals surface area contributed by atoms with Crippen LogP contribution in [0, 0.1) is 5.92 Å². The molecule has 2 fully saturated rings. The van der Waals surface area contributed by atoms with Gasteiger partial charge < -0.3 is 20.3 Å². The van der Waals surface area contributed by atoms with Crippen molar-refractivity contribution in [2.75, 3.05) is 32.8 Å². The Hall–Kier alpha value is -2.24. The van der Waals surface area contributed by atoms with Crippen molar-refractivity contribution in [1.82, 2.24) is 15.5 Å². The van der Waals surface area contributed by atoms with Crippen molar-refractivity contribution in [3.63, 3.8) is 0 Å². The minimum atomic E-state index is 0.147. The van der Waals surface area contributed by atoms with Crippen LogP contribution in [0.15, 0.2) is 29.3 Å². The molecule has 6 heteroatoms. The van der Waals surface area contributed by atoms with E-state index in [0.29, 0.717) is 12.5 Å². The maximum absolute atomic E-state index is 12.4. The SMILES string of the molecule is CCNC(=NCc1ccccc1OCC1CC1)NCC(=O)N1CCCCC1. The number of aliphatic imine (C=N–C) groups is 1. The van der Waals surface area contributed by atoms with Crippen LogP contribution in [0.25, 0.3) is 0 Å². The molecule has 1 aliphatic heterocycles. The lowest BCUT2D eigenvalue weighted by molar-refractivity contribution is -0.130. The summed E-state index contributed by atoms with van der Waals surface area (Å²) in [6.07, 6.45) is 6.00. The third-order valence-electron chi connectivity index (χ3n) is 5.01. The largest absolute Gasteiger partial charge is 0.493 e. The summed E-state index contributed by atoms with van der Waals surface area (Å²) in [6.45, 7) is 6.13. The summed E-state index contributed by atoms with van der Waals surface area (Å²) in [5.74, 6) is 2.45. The quantitative estimate of drug-likeness (QED) is 0.544. The number of amides is 1. The zero-order valence-electron chi connectivity index (χ0n) is 16.4. The summed E-state index contributed by atoms with van der Waals surface area (Å²) >= 11 is 0. The van der Waals surface area contributed by atoms with E-state index in [4.69, 9.17) is 4.74 Å². The number of para-hydroxylation sites is 1. The van der Waals surface area contributed by atoms with Gasteiger partial charge in [0.1, 0.15) is 5.75 Å². The molecule has 0 unspecified atom stereocenters. The zero-order valence-corrected chi connectivity index (χ0v) is 16.4. The Balaban J connectivity index is 1.54. The summed E-state index contributed by atoms with van der Waals surface area (Å²) in [4.78, 5) is 18.9. The number of hydrogen-bond acceptors (Lipinski definition) is 3. The molecule has 0 atom stereocenters. The molecule has 0 radical (unpaired) electrons. The van der Waals surface area contributed by atoms with Gasteiger partial charge in [0.25, 0.3) is 0 Å². The third-order valence-corrected chi connectivity index (χ3v) is 5.01. The van der Waals surface area contributed by atoms with Crippen LogP contribution < -0.4 is 15.4 Å². The van der Waals surface area contributed by atoms with Gasteiger partial charge in [-0.15, -0.1) is 0 Å². The smallest absolute Gasteiger partial charge is 0.241 e. The van der Waals surface area contributed by atoms with Crippen LogP contribution in [0.2, 0.25) is 0 Å². The van der Waals surface area contributed by atoms with E-state index < -0.39 is 0 Å². The van der Waals surface area contributed by atoms with Crippen LogP contribution in [0.3, 0.4) is 0 Å². The van der Waals surface area contributed by atoms with Gasteiger partial charge in [0.15, 0.2) is 5.96 Å². The van der Waals surface area contributed by atoms with Crippen LogP contribution in [-0.2, 0) is 11.3 Å². The molecule has 0 bridgehead atoms. The minimum absolute atomic E-state index is 0.147. The van der Waals surface area contributed by atoms with Crippen LogP contribution in [0.1, 0.15) is 44.6 Å². The number of likely N-dealkylation sites (tertiary alicyclic amines) is 1. The number of piperidine rings is 1. The second-order valence-corrected chi connectivity index (χ2v) is 7.35. The summed E-state index contributed by atoms with van der Waals surface area (Å²) in [7, 11) is 0. The molecule has 1 saturated heterocycles. The first kappa shape index (κ1) is 19.5. The topological polar surface area (TPSA) is 66.0 Å². The molecule has 1 aliphatic carbocycles. The van der Waals surface area contributed by atoms with Crippen LogP contribution in [0.4, 0.5) is 0 Å². The molecule has 2 N–H and O–H groups in total. The maximum Gasteiger partial charge on any atom is 0.241 e. The monoisotopic (exact) mass is 372 g/mol. The Bertz CT molecular complexity index is 637. The maximum atomic E-state index is 12.4. The average molecular weight is 373 g/mol. The van der Waals surface area contributed by atoms with Gasteiger partial charge in [-0.3, -0.25) is 4.79 Å². The van der Waals surface area contributed by atoms with Gasteiger partial charge in [-0.2, -0.15) is 0 Å². The van der Waals surface area contributed by atoms with Crippen LogP contribution in [-0.4, -0.2) is 49.6 Å². The molecule has 6 nitrogen and oxygen atoms in total. The lowest BCUT2D eigenvalue weighted by atomic mass is 10.1. The van der Waals surface area contributed by atoms with Crippen molar-refractivity contribution >= 4 is 11.9 Å². The Morgan fingerprint density at radius 3 is 2.70 bits per heavy atom. The van der Waals surface area contributed by atoms with Gasteiger partial charge in [0.2, 0.25) is 5.91 Å². The second-order valence-electron chi connectivity index (χ2n) is 7.35. The van der Waals surface area contributed by atoms with E-state index >= 15 is 0 Å². The van der Waals surface area contributed by atoms with Gasteiger partial charge >= 0.3 is 0 Å². The molecule has 0 aromatic heterocycles. The first-order valence-electron chi connectivity index (χ1n) is 10.3. The van der Waals surface area contributed by atoms with E-state index in [1.807, 2.05) is 36.1 Å². The van der Waals surface area contributed by atoms with Gasteiger partial charge in [-0.05, 0) is 51.0 Å². The number of ether oxygens (including phenoxy) is 1. The molecule has 1 amide bonds. The van der Waals surface area contributed by atoms with Crippen LogP contribution in [0.5, 0.6) is 5.75 Å². The molecular formula is C21H32N4O2. The first-order valence-corrected chi connectivity index (χ1v) is 10.3. The molecule has 1 aromatic carbocycles. The van der Waals surface area contributed by atoms with Crippen molar-refractivity contribution < 1.29 is 9.53 Å². The molecule has 148 valence electrons. The van der Waals surface area contributed by atoms with Gasteiger partial charge in [-0.25, -0.2) is 4.99 Å². The van der Waals surface area contributed by atoms with Crippen molar-refractivity contribution in [2.45, 2.75) is 45.6 Å². The molecule has 1 heterocycles. The summed E-state index contributed by atoms with van der Waals surface area (Å²) in [5, 5.41) is 6.39. The summed E-state index contributed by atoms with van der Waals surface area (Å²) in [6, 6.07) is 8.06. The molecule has 1 aromatic rings. The highest BCUT2D eigenvalue weighted by molar-refractivity contribution is 5.86. The van der Waals surface area contributed by atoms with Gasteiger partial charge in [0.05, 0.1) is 19.7 Å². The number of nitrogens with zero attached hydrogens (tertiary/aromatic N) is 2. The highest BCUT2D eigenvalue weighted by Crippen LogP contribution is 2.30. The zero-order chi connectivity index (χ0) is 18.9. The number of carbonyl (C=O) groups is 1. The van der Waals surface area contributed by atoms with E-state index in [9.17, 15) is 4.79 Å². The molecule has 2 aliphatic rings. The second kappa shape index (κ2) is 10.2. The summed E-state index contributed by atoms with van der Waals surface area (Å²) < 4.78 is 5.96. The molecule has 0 spiro atoms. The van der Waals surface area contributed by atoms with E-state index in [0.717, 1.165) is 56.3 Å². The van der Waals surface area contributed by atoms with Crippen molar-refractivity contribution in [3.8, 4) is 5.75 Å². The fraction of sp³-hybridized carbons (Fsp3) is 0.619. The summed E-state index contributed by atoms with van der Waals surface area (Å²) in [5.41, 5.74) is 1.07. The van der Waals surface area contributed by atoms with E-state index in [2.05, 4.69) is 15.6 Å². The Morgan fingerprint density at radius 1 is 1.19 bits per heavy atom. The predicted molar refractivity (Wildman–Crippen MR) is 108 cm³/mol. The number of benzene rings is 1. The van der Waals surface area contributed by atoms with Crippen molar-refractivity contribution in [1.29, 1.82) is 0 Å². The molecule has 1 saturated carbocycles. The predicted octanol–water partition coefficient (Wildman–Crippen LogP) is 2.54. The van der Waals surface area contributed by atoms with E-state index in [1.54, 1.807) is 0 Å². The Kier molecular flexibility index (Phi) is 7.36. The van der Waals surface area contributed by atoms with Crippen molar-refractivity contribution in [3.05, 3.63) is 29.8 Å². The molecule has 3 rings (SSSR count). The number of hydrogen-bond donors (Lipinski definition) is 2. The number of carbonyl (C=O) groups excluding carboxylic acids is 1. The standard InChI is InChI=1S/C21H32N4O2/c1-2-22-21(24-15-20(26)25-12-6-3-7-13-25)23-14-18-8-4-5-9-19(18)27-16-17-10-11-17/h4-5,8-9,17H,2-3,6-7,10-16H2,1H3,(H2,22,23,24). The number of rotatable bonds is 8. The lowest BCUT2D eigenvalue weighted by Gasteiger charge is -2.27. The highest BCUT2D eigenvalue weighted by Gasteiger charge is 2.22. The minimum Gasteiger partial charge on any atom is -0.493 e. The third kappa shape index (κ3) is 6.45. The Labute approximate surface area is 162 Å². The lowest BCUT2D eigenvalue weighted by Crippen LogP contribution is -2.46. The molecular weight excluding hydrogens is 340 g/mol. The van der Waals surface area contributed by atoms with Gasteiger partial charge in [0, 0.05) is 25.2 Å². The normalized spacial score (nSPS) is 17.5. The Morgan fingerprint density at radius 2 is 1.96 bits per heavy atom. The fourth-order valence-corrected chi connectivity index (χ4v) is 3.19. The fourth-order valence-electron chi connectivity index (χ4n) is 3.19. The van der Waals surface area contributed by atoms with E-state index in [1.165, 1.54) is 19.3 Å². The average Bonchev–Trinajstić information content (AvgIpc) is 3.54. The van der Waals surface area contributed by atoms with E-state index in [-0.39, 0.29) is 12.5 Å². The van der Waals surface area contributed by atoms with Crippen molar-refractivity contribution in [2.24, 2.45) is 10.9 Å². The highest BCUT2D eigenvalue weighted by atomic mass is 16.5. The number of nitrogens with one attached hydrogen (secondary N) is 2. The number of guanidine groups is 1. The van der Waals surface area contributed by atoms with Gasteiger partial charge in [-0.1, -0.05) is 18.2 Å². The van der Waals surface area contributed by atoms with Crippen LogP contribution >= 0.6 is 0 Å². The first-order chi connectivity index (χ1) is 13.3.